The van der Waals surface area contributed by atoms with E-state index in [0.717, 1.165) is 17.8 Å². The summed E-state index contributed by atoms with van der Waals surface area (Å²) >= 11 is 5.86. The molecule has 0 radical (unpaired) electrons. The van der Waals surface area contributed by atoms with Crippen molar-refractivity contribution in [2.24, 2.45) is 0 Å². The molecule has 1 atom stereocenters. The lowest BCUT2D eigenvalue weighted by Crippen LogP contribution is -2.27. The number of halogens is 1. The van der Waals surface area contributed by atoms with E-state index < -0.39 is 0 Å². The fraction of sp³-hybridized carbons (Fsp3) is 0.250. The maximum Gasteiger partial charge on any atom is 0.270 e. The predicted molar refractivity (Wildman–Crippen MR) is 85.7 cm³/mol. The van der Waals surface area contributed by atoms with Gasteiger partial charge in [0.15, 0.2) is 0 Å². The molecular formula is C16H18ClN3O. The van der Waals surface area contributed by atoms with Crippen LogP contribution in [0.4, 0.5) is 5.69 Å². The normalized spacial score (nSPS) is 11.8. The molecular weight excluding hydrogens is 286 g/mol. The first-order chi connectivity index (χ1) is 10.1. The maximum absolute atomic E-state index is 12.1. The number of carbonyl (C=O) groups is 1. The quantitative estimate of drug-likeness (QED) is 0.886. The first-order valence-electron chi connectivity index (χ1n) is 6.86. The van der Waals surface area contributed by atoms with Gasteiger partial charge in [0.1, 0.15) is 5.69 Å². The summed E-state index contributed by atoms with van der Waals surface area (Å²) in [5.74, 6) is -0.194. The van der Waals surface area contributed by atoms with E-state index in [0.29, 0.717) is 10.7 Å². The molecule has 0 saturated heterocycles. The molecule has 2 aromatic rings. The van der Waals surface area contributed by atoms with E-state index in [1.807, 2.05) is 44.2 Å². The number of nitrogens with zero attached hydrogens (tertiary/aromatic N) is 1. The van der Waals surface area contributed by atoms with Crippen molar-refractivity contribution in [2.75, 3.05) is 11.9 Å². The predicted octanol–water partition coefficient (Wildman–Crippen LogP) is 3.66. The van der Waals surface area contributed by atoms with E-state index in [2.05, 4.69) is 15.6 Å². The van der Waals surface area contributed by atoms with Crippen molar-refractivity contribution in [3.8, 4) is 0 Å². The number of amides is 1. The minimum absolute atomic E-state index is 0.106. The first kappa shape index (κ1) is 15.3. The molecule has 0 saturated carbocycles. The highest BCUT2D eigenvalue weighted by Crippen LogP contribution is 2.16. The molecule has 5 heteroatoms. The van der Waals surface area contributed by atoms with Crippen molar-refractivity contribution in [2.45, 2.75) is 19.9 Å². The zero-order chi connectivity index (χ0) is 15.2. The molecule has 0 fully saturated rings. The summed E-state index contributed by atoms with van der Waals surface area (Å²) in [6, 6.07) is 10.9. The van der Waals surface area contributed by atoms with Crippen molar-refractivity contribution in [3.63, 3.8) is 0 Å². The van der Waals surface area contributed by atoms with Crippen molar-refractivity contribution in [1.82, 2.24) is 10.3 Å². The lowest BCUT2D eigenvalue weighted by Gasteiger charge is -2.14. The van der Waals surface area contributed by atoms with E-state index >= 15 is 0 Å². The fourth-order valence-electron chi connectivity index (χ4n) is 1.94. The average molecular weight is 304 g/mol. The van der Waals surface area contributed by atoms with Crippen LogP contribution in [0.2, 0.25) is 5.02 Å². The Bertz CT molecular complexity index is 596. The molecule has 0 spiro atoms. The summed E-state index contributed by atoms with van der Waals surface area (Å²) in [7, 11) is 0. The molecule has 1 unspecified atom stereocenters. The highest BCUT2D eigenvalue weighted by atomic mass is 35.5. The van der Waals surface area contributed by atoms with Gasteiger partial charge in [-0.1, -0.05) is 23.7 Å². The van der Waals surface area contributed by atoms with Crippen LogP contribution >= 0.6 is 11.6 Å². The zero-order valence-electron chi connectivity index (χ0n) is 12.1. The number of anilines is 1. The summed E-state index contributed by atoms with van der Waals surface area (Å²) in [5, 5.41) is 6.74. The van der Waals surface area contributed by atoms with Crippen LogP contribution in [0.15, 0.2) is 42.6 Å². The molecule has 1 aromatic heterocycles. The van der Waals surface area contributed by atoms with Crippen LogP contribution in [0.25, 0.3) is 0 Å². The van der Waals surface area contributed by atoms with Gasteiger partial charge in [-0.05, 0) is 43.7 Å². The van der Waals surface area contributed by atoms with Gasteiger partial charge in [0.25, 0.3) is 5.91 Å². The molecule has 110 valence electrons. The molecule has 1 amide bonds. The summed E-state index contributed by atoms with van der Waals surface area (Å²) < 4.78 is 0. The smallest absolute Gasteiger partial charge is 0.270 e. The Kier molecular flexibility index (Phi) is 5.17. The highest BCUT2D eigenvalue weighted by molar-refractivity contribution is 6.30. The Morgan fingerprint density at radius 3 is 2.52 bits per heavy atom. The fourth-order valence-corrected chi connectivity index (χ4v) is 2.07. The number of nitrogens with one attached hydrogen (secondary N) is 2. The Morgan fingerprint density at radius 2 is 1.95 bits per heavy atom. The molecule has 21 heavy (non-hydrogen) atoms. The number of carbonyl (C=O) groups excluding carboxylic acids is 1. The second-order valence-corrected chi connectivity index (χ2v) is 5.15. The van der Waals surface area contributed by atoms with Gasteiger partial charge in [-0.15, -0.1) is 0 Å². The van der Waals surface area contributed by atoms with Gasteiger partial charge in [-0.2, -0.15) is 0 Å². The summed E-state index contributed by atoms with van der Waals surface area (Å²) in [4.78, 5) is 16.3. The monoisotopic (exact) mass is 303 g/mol. The van der Waals surface area contributed by atoms with E-state index in [9.17, 15) is 4.79 Å². The largest absolute Gasteiger partial charge is 0.384 e. The molecule has 4 nitrogen and oxygen atoms in total. The minimum Gasteiger partial charge on any atom is -0.384 e. The first-order valence-corrected chi connectivity index (χ1v) is 7.24. The van der Waals surface area contributed by atoms with E-state index in [1.165, 1.54) is 0 Å². The van der Waals surface area contributed by atoms with Crippen molar-refractivity contribution in [3.05, 3.63) is 58.9 Å². The van der Waals surface area contributed by atoms with Gasteiger partial charge in [0, 0.05) is 11.6 Å². The topological polar surface area (TPSA) is 54.0 Å². The number of benzene rings is 1. The molecule has 1 heterocycles. The van der Waals surface area contributed by atoms with Crippen LogP contribution in [0.5, 0.6) is 0 Å². The number of rotatable bonds is 5. The van der Waals surface area contributed by atoms with Crippen LogP contribution in [-0.4, -0.2) is 17.4 Å². The van der Waals surface area contributed by atoms with Gasteiger partial charge < -0.3 is 10.6 Å². The zero-order valence-corrected chi connectivity index (χ0v) is 12.8. The number of pyridine rings is 1. The highest BCUT2D eigenvalue weighted by Gasteiger charge is 2.12. The van der Waals surface area contributed by atoms with Crippen LogP contribution in [0, 0.1) is 0 Å². The third kappa shape index (κ3) is 4.20. The SMILES string of the molecule is CCNc1ccc(C(=O)NC(C)c2ccc(Cl)cc2)nc1. The minimum atomic E-state index is -0.194. The summed E-state index contributed by atoms with van der Waals surface area (Å²) in [6.45, 7) is 4.75. The Balaban J connectivity index is 2.01. The molecule has 0 aliphatic heterocycles. The van der Waals surface area contributed by atoms with Crippen molar-refractivity contribution < 1.29 is 4.79 Å². The van der Waals surface area contributed by atoms with Gasteiger partial charge in [0.2, 0.25) is 0 Å². The van der Waals surface area contributed by atoms with Crippen LogP contribution in [-0.2, 0) is 0 Å². The van der Waals surface area contributed by atoms with Crippen molar-refractivity contribution >= 4 is 23.2 Å². The number of aromatic nitrogens is 1. The average Bonchev–Trinajstić information content (AvgIpc) is 2.49. The van der Waals surface area contributed by atoms with E-state index in [4.69, 9.17) is 11.6 Å². The Hall–Kier alpha value is -2.07. The third-order valence-corrected chi connectivity index (χ3v) is 3.35. The van der Waals surface area contributed by atoms with Crippen LogP contribution in [0.3, 0.4) is 0 Å². The number of hydrogen-bond donors (Lipinski definition) is 2. The number of hydrogen-bond acceptors (Lipinski definition) is 3. The lowest BCUT2D eigenvalue weighted by molar-refractivity contribution is 0.0935. The lowest BCUT2D eigenvalue weighted by atomic mass is 10.1. The molecule has 1 aromatic carbocycles. The second kappa shape index (κ2) is 7.09. The Morgan fingerprint density at radius 1 is 1.24 bits per heavy atom. The molecule has 2 N–H and O–H groups in total. The van der Waals surface area contributed by atoms with Gasteiger partial charge in [-0.3, -0.25) is 4.79 Å². The van der Waals surface area contributed by atoms with Crippen molar-refractivity contribution in [1.29, 1.82) is 0 Å². The molecule has 0 aliphatic rings. The molecule has 0 bridgehead atoms. The van der Waals surface area contributed by atoms with Gasteiger partial charge in [0.05, 0.1) is 17.9 Å². The summed E-state index contributed by atoms with van der Waals surface area (Å²) in [6.07, 6.45) is 1.66. The standard InChI is InChI=1S/C16H18ClN3O/c1-3-18-14-8-9-15(19-10-14)16(21)20-11(2)12-4-6-13(17)7-5-12/h4-11,18H,3H2,1-2H3,(H,20,21). The molecule has 0 aliphatic carbocycles. The van der Waals surface area contributed by atoms with Gasteiger partial charge >= 0.3 is 0 Å². The Labute approximate surface area is 129 Å². The molecule has 2 rings (SSSR count). The second-order valence-electron chi connectivity index (χ2n) is 4.71. The van der Waals surface area contributed by atoms with Gasteiger partial charge in [-0.25, -0.2) is 4.98 Å². The van der Waals surface area contributed by atoms with Crippen LogP contribution < -0.4 is 10.6 Å². The third-order valence-electron chi connectivity index (χ3n) is 3.09. The maximum atomic E-state index is 12.1. The summed E-state index contributed by atoms with van der Waals surface area (Å²) in [5.41, 5.74) is 2.30. The van der Waals surface area contributed by atoms with E-state index in [1.54, 1.807) is 12.3 Å². The van der Waals surface area contributed by atoms with E-state index in [-0.39, 0.29) is 11.9 Å². The van der Waals surface area contributed by atoms with Crippen LogP contribution in [0.1, 0.15) is 35.9 Å².